The number of hydrogen-bond donors (Lipinski definition) is 0. The van der Waals surface area contributed by atoms with E-state index in [4.69, 9.17) is 5.26 Å². The fourth-order valence-electron chi connectivity index (χ4n) is 1.79. The number of imidazole rings is 1. The molecule has 1 atom stereocenters. The van der Waals surface area contributed by atoms with Gasteiger partial charge in [-0.1, -0.05) is 11.8 Å². The highest BCUT2D eigenvalue weighted by Gasteiger charge is 2.11. The van der Waals surface area contributed by atoms with Crippen LogP contribution in [0.2, 0.25) is 0 Å². The van der Waals surface area contributed by atoms with Crippen molar-refractivity contribution in [1.29, 1.82) is 5.26 Å². The molecule has 0 aliphatic rings. The summed E-state index contributed by atoms with van der Waals surface area (Å²) in [6.45, 7) is 6.16. The number of nitriles is 1. The quantitative estimate of drug-likeness (QED) is 0.793. The normalized spacial score (nSPS) is 12.6. The Morgan fingerprint density at radius 2 is 2.06 bits per heavy atom. The van der Waals surface area contributed by atoms with Crippen LogP contribution in [0, 0.1) is 31.1 Å². The van der Waals surface area contributed by atoms with Gasteiger partial charge < -0.3 is 4.57 Å². The van der Waals surface area contributed by atoms with E-state index in [1.807, 2.05) is 14.0 Å². The van der Waals surface area contributed by atoms with Crippen LogP contribution in [-0.4, -0.2) is 15.3 Å². The summed E-state index contributed by atoms with van der Waals surface area (Å²) in [5.74, 6) is 0.837. The number of nitrogens with zero attached hydrogens (tertiary/aromatic N) is 3. The minimum Gasteiger partial charge on any atom is -0.322 e. The van der Waals surface area contributed by atoms with E-state index in [-0.39, 0.29) is 5.92 Å². The van der Waals surface area contributed by atoms with Gasteiger partial charge in [0.05, 0.1) is 23.0 Å². The summed E-state index contributed by atoms with van der Waals surface area (Å²) in [6.07, 6.45) is 0. The smallest absolute Gasteiger partial charge is 0.168 e. The van der Waals surface area contributed by atoms with Crippen molar-refractivity contribution in [2.45, 2.75) is 25.9 Å². The molecule has 0 fully saturated rings. The van der Waals surface area contributed by atoms with Gasteiger partial charge in [0.15, 0.2) is 5.16 Å². The predicted molar refractivity (Wildman–Crippen MR) is 75.7 cm³/mol. The molecule has 1 heterocycles. The molecule has 2 aromatic rings. The van der Waals surface area contributed by atoms with Gasteiger partial charge >= 0.3 is 0 Å². The lowest BCUT2D eigenvalue weighted by Gasteiger charge is -2.03. The van der Waals surface area contributed by atoms with Gasteiger partial charge in [0.25, 0.3) is 0 Å². The summed E-state index contributed by atoms with van der Waals surface area (Å²) in [6, 6.07) is 6.55. The van der Waals surface area contributed by atoms with E-state index in [9.17, 15) is 0 Å². The van der Waals surface area contributed by atoms with Crippen molar-refractivity contribution >= 4 is 22.8 Å². The van der Waals surface area contributed by atoms with E-state index >= 15 is 0 Å². The number of aromatic nitrogens is 2. The largest absolute Gasteiger partial charge is 0.322 e. The van der Waals surface area contributed by atoms with E-state index in [2.05, 4.69) is 41.6 Å². The summed E-state index contributed by atoms with van der Waals surface area (Å²) >= 11 is 1.65. The molecule has 0 N–H and O–H groups in total. The van der Waals surface area contributed by atoms with Crippen LogP contribution in [0.4, 0.5) is 0 Å². The first-order chi connectivity index (χ1) is 8.52. The fourth-order valence-corrected chi connectivity index (χ4v) is 2.72. The monoisotopic (exact) mass is 259 g/mol. The summed E-state index contributed by atoms with van der Waals surface area (Å²) in [5.41, 5.74) is 4.74. The molecule has 0 aliphatic heterocycles. The van der Waals surface area contributed by atoms with Crippen molar-refractivity contribution in [2.24, 2.45) is 13.0 Å². The van der Waals surface area contributed by atoms with Crippen LogP contribution in [0.15, 0.2) is 17.3 Å². The molecule has 1 unspecified atom stereocenters. The molecule has 0 amide bonds. The van der Waals surface area contributed by atoms with Crippen molar-refractivity contribution in [3.05, 3.63) is 23.3 Å². The Morgan fingerprint density at radius 1 is 1.39 bits per heavy atom. The fraction of sp³-hybridized carbons (Fsp3) is 0.429. The third-order valence-corrected chi connectivity index (χ3v) is 4.43. The Kier molecular flexibility index (Phi) is 3.63. The van der Waals surface area contributed by atoms with Crippen LogP contribution in [0.3, 0.4) is 0 Å². The number of rotatable bonds is 3. The van der Waals surface area contributed by atoms with E-state index in [1.165, 1.54) is 11.1 Å². The Balaban J connectivity index is 2.36. The maximum absolute atomic E-state index is 8.80. The maximum Gasteiger partial charge on any atom is 0.168 e. The molecule has 0 saturated heterocycles. The van der Waals surface area contributed by atoms with E-state index in [0.29, 0.717) is 0 Å². The van der Waals surface area contributed by atoms with Gasteiger partial charge in [-0.3, -0.25) is 0 Å². The molecule has 18 heavy (non-hydrogen) atoms. The van der Waals surface area contributed by atoms with Gasteiger partial charge in [0.2, 0.25) is 0 Å². The molecular formula is C14H17N3S. The van der Waals surface area contributed by atoms with E-state index < -0.39 is 0 Å². The lowest BCUT2D eigenvalue weighted by molar-refractivity contribution is 0.804. The number of fused-ring (bicyclic) bond motifs is 1. The van der Waals surface area contributed by atoms with Gasteiger partial charge in [-0.2, -0.15) is 5.26 Å². The minimum absolute atomic E-state index is 0.0540. The molecule has 0 saturated carbocycles. The highest BCUT2D eigenvalue weighted by atomic mass is 32.2. The summed E-state index contributed by atoms with van der Waals surface area (Å²) < 4.78 is 2.11. The number of thioether (sulfide) groups is 1. The van der Waals surface area contributed by atoms with Gasteiger partial charge in [0.1, 0.15) is 0 Å². The molecular weight excluding hydrogens is 242 g/mol. The standard InChI is InChI=1S/C14H17N3S/c1-9(7-15)8-18-14-16-12-5-10(2)11(3)6-13(12)17(14)4/h5-6,9H,8H2,1-4H3. The Labute approximate surface area is 112 Å². The molecule has 0 spiro atoms. The zero-order chi connectivity index (χ0) is 13.3. The highest BCUT2D eigenvalue weighted by molar-refractivity contribution is 7.99. The third kappa shape index (κ3) is 2.37. The van der Waals surface area contributed by atoms with Crippen LogP contribution in [0.5, 0.6) is 0 Å². The summed E-state index contributed by atoms with van der Waals surface area (Å²) in [4.78, 5) is 4.64. The van der Waals surface area contributed by atoms with Crippen LogP contribution < -0.4 is 0 Å². The van der Waals surface area contributed by atoms with Crippen molar-refractivity contribution < 1.29 is 0 Å². The number of aryl methyl sites for hydroxylation is 3. The van der Waals surface area contributed by atoms with E-state index in [0.717, 1.165) is 21.9 Å². The Morgan fingerprint density at radius 3 is 2.72 bits per heavy atom. The highest BCUT2D eigenvalue weighted by Crippen LogP contribution is 2.26. The molecule has 0 bridgehead atoms. The zero-order valence-corrected chi connectivity index (χ0v) is 12.0. The first-order valence-corrected chi connectivity index (χ1v) is 6.97. The van der Waals surface area contributed by atoms with Crippen molar-refractivity contribution in [1.82, 2.24) is 9.55 Å². The molecule has 94 valence electrons. The van der Waals surface area contributed by atoms with Gasteiger partial charge in [-0.05, 0) is 44.0 Å². The van der Waals surface area contributed by atoms with Gasteiger partial charge in [0, 0.05) is 12.8 Å². The molecule has 4 heteroatoms. The van der Waals surface area contributed by atoms with Crippen molar-refractivity contribution in [3.8, 4) is 6.07 Å². The lowest BCUT2D eigenvalue weighted by atomic mass is 10.1. The number of hydrogen-bond acceptors (Lipinski definition) is 3. The SMILES string of the molecule is Cc1cc2nc(SCC(C)C#N)n(C)c2cc1C. The predicted octanol–water partition coefficient (Wildman–Crippen LogP) is 3.44. The summed E-state index contributed by atoms with van der Waals surface area (Å²) in [7, 11) is 2.03. The average Bonchev–Trinajstić information content (AvgIpc) is 2.64. The first kappa shape index (κ1) is 13.0. The van der Waals surface area contributed by atoms with Gasteiger partial charge in [-0.25, -0.2) is 4.98 Å². The van der Waals surface area contributed by atoms with Crippen LogP contribution >= 0.6 is 11.8 Å². The Bertz CT molecular complexity index is 622. The first-order valence-electron chi connectivity index (χ1n) is 5.99. The van der Waals surface area contributed by atoms with Crippen molar-refractivity contribution in [2.75, 3.05) is 5.75 Å². The van der Waals surface area contributed by atoms with Crippen LogP contribution in [0.25, 0.3) is 11.0 Å². The van der Waals surface area contributed by atoms with Crippen LogP contribution in [0.1, 0.15) is 18.1 Å². The Hall–Kier alpha value is -1.47. The molecule has 1 aromatic heterocycles. The average molecular weight is 259 g/mol. The topological polar surface area (TPSA) is 41.6 Å². The molecule has 0 radical (unpaired) electrons. The lowest BCUT2D eigenvalue weighted by Crippen LogP contribution is -1.97. The molecule has 3 nitrogen and oxygen atoms in total. The minimum atomic E-state index is 0.0540. The molecule has 2 rings (SSSR count). The zero-order valence-electron chi connectivity index (χ0n) is 11.2. The van der Waals surface area contributed by atoms with Crippen LogP contribution in [-0.2, 0) is 7.05 Å². The second kappa shape index (κ2) is 5.03. The molecule has 1 aromatic carbocycles. The van der Waals surface area contributed by atoms with E-state index in [1.54, 1.807) is 11.8 Å². The second-order valence-electron chi connectivity index (χ2n) is 4.72. The molecule has 0 aliphatic carbocycles. The van der Waals surface area contributed by atoms with Gasteiger partial charge in [-0.15, -0.1) is 0 Å². The third-order valence-electron chi connectivity index (χ3n) is 3.14. The summed E-state index contributed by atoms with van der Waals surface area (Å²) in [5, 5.41) is 9.79. The number of benzene rings is 1. The maximum atomic E-state index is 8.80. The second-order valence-corrected chi connectivity index (χ2v) is 5.71. The van der Waals surface area contributed by atoms with Crippen molar-refractivity contribution in [3.63, 3.8) is 0 Å².